The van der Waals surface area contributed by atoms with Crippen molar-refractivity contribution in [2.45, 2.75) is 6.92 Å². The Balaban J connectivity index is 0. The third kappa shape index (κ3) is 8.78. The van der Waals surface area contributed by atoms with E-state index in [0.29, 0.717) is 12.2 Å². The van der Waals surface area contributed by atoms with E-state index >= 15 is 0 Å². The fraction of sp³-hybridized carbons (Fsp3) is 0.125. The van der Waals surface area contributed by atoms with Gasteiger partial charge in [0.1, 0.15) is 0 Å². The van der Waals surface area contributed by atoms with Crippen LogP contribution in [0.1, 0.15) is 6.92 Å². The van der Waals surface area contributed by atoms with E-state index in [9.17, 15) is 19.5 Å². The molecule has 0 aliphatic carbocycles. The Morgan fingerprint density at radius 3 is 2.00 bits per heavy atom. The molecule has 0 atom stereocenters. The van der Waals surface area contributed by atoms with Crippen molar-refractivity contribution in [1.29, 1.82) is 0 Å². The van der Waals surface area contributed by atoms with Crippen LogP contribution < -0.4 is 24.0 Å². The van der Waals surface area contributed by atoms with E-state index in [4.69, 9.17) is 0 Å². The van der Waals surface area contributed by atoms with E-state index < -0.39 is 17.9 Å². The predicted octanol–water partition coefficient (Wildman–Crippen LogP) is -4.06. The van der Waals surface area contributed by atoms with Crippen molar-refractivity contribution in [3.05, 3.63) is 24.3 Å². The van der Waals surface area contributed by atoms with Crippen LogP contribution in [-0.2, 0) is 19.1 Å². The number of esters is 2. The van der Waals surface area contributed by atoms with Gasteiger partial charge in [0.05, 0.1) is 5.97 Å². The maximum Gasteiger partial charge on any atom is 1.00 e. The van der Waals surface area contributed by atoms with E-state index in [1.807, 2.05) is 0 Å². The van der Waals surface area contributed by atoms with Crippen molar-refractivity contribution in [2.24, 2.45) is 0 Å². The Labute approximate surface area is 92.6 Å². The number of rotatable bonds is 3. The summed E-state index contributed by atoms with van der Waals surface area (Å²) in [6.45, 7) is 1.57. The second-order valence-electron chi connectivity index (χ2n) is 1.89. The fourth-order valence-corrected chi connectivity index (χ4v) is 0.439. The third-order valence-corrected chi connectivity index (χ3v) is 0.859. The Morgan fingerprint density at radius 1 is 1.07 bits per heavy atom. The molecule has 6 heteroatoms. The first-order chi connectivity index (χ1) is 6.06. The number of allylic oxidation sites excluding steroid dienone is 1. The minimum Gasteiger partial charge on any atom is -0.545 e. The van der Waals surface area contributed by atoms with E-state index in [0.717, 1.165) is 6.08 Å². The van der Waals surface area contributed by atoms with Gasteiger partial charge in [0.2, 0.25) is 0 Å². The van der Waals surface area contributed by atoms with Crippen LogP contribution in [0.3, 0.4) is 0 Å². The summed E-state index contributed by atoms with van der Waals surface area (Å²) in [7, 11) is 0. The van der Waals surface area contributed by atoms with Gasteiger partial charge >= 0.3 is 30.8 Å². The number of ether oxygens (including phenoxy) is 1. The number of carboxylic acid groups (broad SMARTS) is 1. The van der Waals surface area contributed by atoms with Gasteiger partial charge in [0.15, 0.2) is 0 Å². The number of aliphatic carboxylic acids is 1. The Morgan fingerprint density at radius 2 is 1.57 bits per heavy atom. The van der Waals surface area contributed by atoms with Gasteiger partial charge in [-0.3, -0.25) is 0 Å². The molecule has 0 radical (unpaired) electrons. The van der Waals surface area contributed by atoms with E-state index in [1.54, 1.807) is 6.92 Å². The van der Waals surface area contributed by atoms with E-state index in [1.165, 1.54) is 6.08 Å². The maximum absolute atomic E-state index is 10.6. The Hall–Kier alpha value is -1.31. The van der Waals surface area contributed by atoms with Crippen LogP contribution in [0.25, 0.3) is 0 Å². The van der Waals surface area contributed by atoms with Crippen LogP contribution in [0, 0.1) is 0 Å². The molecule has 0 aliphatic rings. The number of carboxylic acids is 1. The minimum absolute atomic E-state index is 0. The van der Waals surface area contributed by atoms with Gasteiger partial charge in [-0.15, -0.1) is 0 Å². The van der Waals surface area contributed by atoms with Crippen LogP contribution in [0.2, 0.25) is 0 Å². The molecule has 70 valence electrons. The zero-order valence-electron chi connectivity index (χ0n) is 7.85. The van der Waals surface area contributed by atoms with Crippen molar-refractivity contribution in [2.75, 3.05) is 0 Å². The monoisotopic (exact) mass is 190 g/mol. The largest absolute Gasteiger partial charge is 1.00 e. The molecule has 0 rings (SSSR count). The molecule has 0 unspecified atom stereocenters. The zero-order valence-corrected chi connectivity index (χ0v) is 7.85. The van der Waals surface area contributed by atoms with Crippen LogP contribution in [0.5, 0.6) is 0 Å². The molecule has 0 amide bonds. The van der Waals surface area contributed by atoms with Crippen LogP contribution in [0.4, 0.5) is 0 Å². The quantitative estimate of drug-likeness (QED) is 0.196. The summed E-state index contributed by atoms with van der Waals surface area (Å²) in [6.07, 6.45) is 3.49. The van der Waals surface area contributed by atoms with Crippen molar-refractivity contribution in [3.63, 3.8) is 0 Å². The molecule has 14 heavy (non-hydrogen) atoms. The molecular formula is C8H7LiO5. The summed E-state index contributed by atoms with van der Waals surface area (Å²) in [5.74, 6) is -3.43. The Kier molecular flexibility index (Phi) is 8.99. The number of carbonyl (C=O) groups is 3. The van der Waals surface area contributed by atoms with Crippen LogP contribution >= 0.6 is 0 Å². The van der Waals surface area contributed by atoms with E-state index in [2.05, 4.69) is 4.74 Å². The average molecular weight is 190 g/mol. The van der Waals surface area contributed by atoms with Crippen molar-refractivity contribution < 1.29 is 43.1 Å². The molecule has 0 saturated carbocycles. The second kappa shape index (κ2) is 8.29. The number of hydrogen-bond acceptors (Lipinski definition) is 5. The van der Waals surface area contributed by atoms with Crippen LogP contribution in [0.15, 0.2) is 24.3 Å². The predicted molar refractivity (Wildman–Crippen MR) is 40.1 cm³/mol. The third-order valence-electron chi connectivity index (χ3n) is 0.859. The van der Waals surface area contributed by atoms with Crippen molar-refractivity contribution in [1.82, 2.24) is 0 Å². The summed E-state index contributed by atoms with van der Waals surface area (Å²) >= 11 is 0. The first-order valence-corrected chi connectivity index (χ1v) is 3.33. The summed E-state index contributed by atoms with van der Waals surface area (Å²) < 4.78 is 4.10. The second-order valence-corrected chi connectivity index (χ2v) is 1.89. The molecule has 5 nitrogen and oxygen atoms in total. The van der Waals surface area contributed by atoms with Crippen molar-refractivity contribution >= 4 is 17.9 Å². The smallest absolute Gasteiger partial charge is 0.545 e. The SMILES string of the molecule is C/C=C/C(=O)OC(=O)/C=C\C(=O)[O-].[Li+]. The van der Waals surface area contributed by atoms with Crippen LogP contribution in [-0.4, -0.2) is 17.9 Å². The Bertz CT molecular complexity index is 279. The standard InChI is InChI=1S/C8H8O5.Li/c1-2-3-7(11)13-8(12)5-4-6(9)10;/h2-5H,1H3,(H,9,10);/q;+1/p-1/b3-2+,5-4-;. The maximum atomic E-state index is 10.6. The van der Waals surface area contributed by atoms with Gasteiger partial charge in [-0.2, -0.15) is 0 Å². The van der Waals surface area contributed by atoms with Gasteiger partial charge < -0.3 is 14.6 Å². The minimum atomic E-state index is -1.53. The molecule has 0 saturated heterocycles. The van der Waals surface area contributed by atoms with Gasteiger partial charge in [0.25, 0.3) is 0 Å². The number of hydrogen-bond donors (Lipinski definition) is 0. The van der Waals surface area contributed by atoms with Gasteiger partial charge in [-0.1, -0.05) is 6.08 Å². The molecule has 0 N–H and O–H groups in total. The fourth-order valence-electron chi connectivity index (χ4n) is 0.439. The summed E-state index contributed by atoms with van der Waals surface area (Å²) in [5, 5.41) is 9.81. The summed E-state index contributed by atoms with van der Waals surface area (Å²) in [5.41, 5.74) is 0. The summed E-state index contributed by atoms with van der Waals surface area (Å²) in [6, 6.07) is 0. The van der Waals surface area contributed by atoms with Gasteiger partial charge in [-0.25, -0.2) is 9.59 Å². The molecular weight excluding hydrogens is 183 g/mol. The molecule has 0 heterocycles. The molecule has 0 aromatic rings. The normalized spacial score (nSPS) is 9.79. The molecule has 0 fully saturated rings. The van der Waals surface area contributed by atoms with E-state index in [-0.39, 0.29) is 18.9 Å². The van der Waals surface area contributed by atoms with Gasteiger partial charge in [-0.05, 0) is 13.0 Å². The first-order valence-electron chi connectivity index (χ1n) is 3.33. The molecule has 0 spiro atoms. The van der Waals surface area contributed by atoms with Gasteiger partial charge in [0, 0.05) is 12.2 Å². The molecule has 0 aliphatic heterocycles. The topological polar surface area (TPSA) is 83.5 Å². The molecule has 0 aromatic carbocycles. The number of carbonyl (C=O) groups excluding carboxylic acids is 3. The molecule has 0 bridgehead atoms. The first kappa shape index (κ1) is 15.2. The summed E-state index contributed by atoms with van der Waals surface area (Å²) in [4.78, 5) is 31.0. The zero-order chi connectivity index (χ0) is 10.3. The molecule has 0 aromatic heterocycles. The van der Waals surface area contributed by atoms with Crippen molar-refractivity contribution in [3.8, 4) is 0 Å². The average Bonchev–Trinajstić information content (AvgIpc) is 2.01.